The highest BCUT2D eigenvalue weighted by molar-refractivity contribution is 5.85. The molecule has 0 radical (unpaired) electrons. The standard InChI is InChI=1S/C17H20O2/c1-17(2,3)19-16(18)15-10-14(15)13-9-8-11-6-4-5-7-12(11)13/h4-7,9,14-15H,8,10H2,1-3H3. The highest BCUT2D eigenvalue weighted by Crippen LogP contribution is 2.51. The van der Waals surface area contributed by atoms with E-state index in [9.17, 15) is 4.79 Å². The van der Waals surface area contributed by atoms with Gasteiger partial charge in [0, 0.05) is 0 Å². The van der Waals surface area contributed by atoms with Crippen LogP contribution in [0.25, 0.3) is 5.57 Å². The van der Waals surface area contributed by atoms with Gasteiger partial charge in [-0.15, -0.1) is 0 Å². The maximum Gasteiger partial charge on any atom is 0.310 e. The lowest BCUT2D eigenvalue weighted by molar-refractivity contribution is -0.156. The number of esters is 1. The molecule has 0 aliphatic heterocycles. The van der Waals surface area contributed by atoms with Crippen molar-refractivity contribution in [2.75, 3.05) is 0 Å². The Morgan fingerprint density at radius 2 is 2.00 bits per heavy atom. The normalized spacial score (nSPS) is 24.7. The summed E-state index contributed by atoms with van der Waals surface area (Å²) in [6.45, 7) is 5.77. The van der Waals surface area contributed by atoms with Crippen LogP contribution < -0.4 is 0 Å². The summed E-state index contributed by atoms with van der Waals surface area (Å²) in [7, 11) is 0. The van der Waals surface area contributed by atoms with Gasteiger partial charge in [0.05, 0.1) is 5.92 Å². The zero-order chi connectivity index (χ0) is 13.6. The minimum Gasteiger partial charge on any atom is -0.460 e. The lowest BCUT2D eigenvalue weighted by atomic mass is 10.0. The van der Waals surface area contributed by atoms with E-state index in [0.717, 1.165) is 12.8 Å². The molecule has 0 spiro atoms. The first-order valence-electron chi connectivity index (χ1n) is 6.97. The van der Waals surface area contributed by atoms with Crippen molar-refractivity contribution in [1.82, 2.24) is 0 Å². The molecule has 19 heavy (non-hydrogen) atoms. The summed E-state index contributed by atoms with van der Waals surface area (Å²) in [5, 5.41) is 0. The fourth-order valence-electron chi connectivity index (χ4n) is 2.84. The number of fused-ring (bicyclic) bond motifs is 1. The number of carbonyl (C=O) groups excluding carboxylic acids is 1. The molecule has 0 amide bonds. The van der Waals surface area contributed by atoms with Gasteiger partial charge >= 0.3 is 5.97 Å². The van der Waals surface area contributed by atoms with E-state index < -0.39 is 0 Å². The second-order valence-electron chi connectivity index (χ2n) is 6.50. The molecule has 1 fully saturated rings. The number of benzene rings is 1. The Morgan fingerprint density at radius 3 is 2.74 bits per heavy atom. The first-order valence-corrected chi connectivity index (χ1v) is 6.97. The van der Waals surface area contributed by atoms with Crippen LogP contribution in [0.1, 0.15) is 38.3 Å². The summed E-state index contributed by atoms with van der Waals surface area (Å²) < 4.78 is 5.47. The van der Waals surface area contributed by atoms with Crippen molar-refractivity contribution >= 4 is 11.5 Å². The molecule has 2 aliphatic carbocycles. The van der Waals surface area contributed by atoms with E-state index in [2.05, 4.69) is 30.3 Å². The van der Waals surface area contributed by atoms with E-state index in [1.165, 1.54) is 16.7 Å². The molecule has 0 bridgehead atoms. The van der Waals surface area contributed by atoms with Gasteiger partial charge in [-0.05, 0) is 56.2 Å². The van der Waals surface area contributed by atoms with Gasteiger partial charge in [-0.2, -0.15) is 0 Å². The van der Waals surface area contributed by atoms with Crippen LogP contribution in [0.5, 0.6) is 0 Å². The summed E-state index contributed by atoms with van der Waals surface area (Å²) in [6.07, 6.45) is 4.22. The van der Waals surface area contributed by atoms with Crippen LogP contribution >= 0.6 is 0 Å². The third-order valence-corrected chi connectivity index (χ3v) is 3.77. The molecule has 2 atom stereocenters. The average molecular weight is 256 g/mol. The van der Waals surface area contributed by atoms with Crippen LogP contribution in [0.3, 0.4) is 0 Å². The van der Waals surface area contributed by atoms with E-state index in [4.69, 9.17) is 4.74 Å². The Bertz CT molecular complexity index is 549. The second kappa shape index (κ2) is 4.22. The maximum absolute atomic E-state index is 12.1. The molecule has 0 saturated heterocycles. The van der Waals surface area contributed by atoms with Crippen LogP contribution in [0.15, 0.2) is 30.3 Å². The number of carbonyl (C=O) groups is 1. The molecule has 2 unspecified atom stereocenters. The number of allylic oxidation sites excluding steroid dienone is 2. The summed E-state index contributed by atoms with van der Waals surface area (Å²) in [6, 6.07) is 8.49. The van der Waals surface area contributed by atoms with Crippen LogP contribution in [-0.4, -0.2) is 11.6 Å². The van der Waals surface area contributed by atoms with Crippen molar-refractivity contribution < 1.29 is 9.53 Å². The van der Waals surface area contributed by atoms with Gasteiger partial charge in [0.15, 0.2) is 0 Å². The number of ether oxygens (including phenoxy) is 1. The quantitative estimate of drug-likeness (QED) is 0.756. The topological polar surface area (TPSA) is 26.3 Å². The smallest absolute Gasteiger partial charge is 0.310 e. The molecule has 100 valence electrons. The van der Waals surface area contributed by atoms with E-state index in [1.807, 2.05) is 20.8 Å². The molecule has 0 N–H and O–H groups in total. The molecule has 2 nitrogen and oxygen atoms in total. The molecule has 1 aromatic rings. The molecular formula is C17H20O2. The molecule has 0 aromatic heterocycles. The Hall–Kier alpha value is -1.57. The fraction of sp³-hybridized carbons (Fsp3) is 0.471. The van der Waals surface area contributed by atoms with Gasteiger partial charge in [0.25, 0.3) is 0 Å². The minimum absolute atomic E-state index is 0.0391. The van der Waals surface area contributed by atoms with E-state index in [0.29, 0.717) is 5.92 Å². The van der Waals surface area contributed by atoms with Crippen LogP contribution in [-0.2, 0) is 16.0 Å². The summed E-state index contributed by atoms with van der Waals surface area (Å²) in [4.78, 5) is 12.1. The zero-order valence-electron chi connectivity index (χ0n) is 11.8. The van der Waals surface area contributed by atoms with Crippen LogP contribution in [0.2, 0.25) is 0 Å². The monoisotopic (exact) mass is 256 g/mol. The van der Waals surface area contributed by atoms with E-state index in [-0.39, 0.29) is 17.5 Å². The largest absolute Gasteiger partial charge is 0.460 e. The third-order valence-electron chi connectivity index (χ3n) is 3.77. The maximum atomic E-state index is 12.1. The van der Waals surface area contributed by atoms with Crippen molar-refractivity contribution in [1.29, 1.82) is 0 Å². The second-order valence-corrected chi connectivity index (χ2v) is 6.50. The van der Waals surface area contributed by atoms with Gasteiger partial charge in [-0.25, -0.2) is 0 Å². The van der Waals surface area contributed by atoms with Crippen molar-refractivity contribution in [2.24, 2.45) is 11.8 Å². The highest BCUT2D eigenvalue weighted by Gasteiger charge is 2.48. The Morgan fingerprint density at radius 1 is 1.26 bits per heavy atom. The van der Waals surface area contributed by atoms with Crippen molar-refractivity contribution in [3.63, 3.8) is 0 Å². The lowest BCUT2D eigenvalue weighted by Crippen LogP contribution is -2.25. The third kappa shape index (κ3) is 2.44. The van der Waals surface area contributed by atoms with Crippen LogP contribution in [0, 0.1) is 11.8 Å². The predicted molar refractivity (Wildman–Crippen MR) is 75.6 cm³/mol. The Balaban J connectivity index is 1.70. The molecule has 1 aromatic carbocycles. The zero-order valence-corrected chi connectivity index (χ0v) is 11.8. The molecule has 0 heterocycles. The molecule has 1 saturated carbocycles. The molecule has 2 heteroatoms. The first-order chi connectivity index (χ1) is 8.96. The summed E-state index contributed by atoms with van der Waals surface area (Å²) >= 11 is 0. The lowest BCUT2D eigenvalue weighted by Gasteiger charge is -2.19. The summed E-state index contributed by atoms with van der Waals surface area (Å²) in [5.41, 5.74) is 3.68. The van der Waals surface area contributed by atoms with Gasteiger partial charge in [0.2, 0.25) is 0 Å². The van der Waals surface area contributed by atoms with Gasteiger partial charge in [-0.1, -0.05) is 30.3 Å². The first kappa shape index (κ1) is 12.5. The van der Waals surface area contributed by atoms with Crippen molar-refractivity contribution in [3.8, 4) is 0 Å². The molecular weight excluding hydrogens is 236 g/mol. The number of hydrogen-bond acceptors (Lipinski definition) is 2. The van der Waals surface area contributed by atoms with Gasteiger partial charge < -0.3 is 4.74 Å². The molecule has 2 aliphatic rings. The fourth-order valence-corrected chi connectivity index (χ4v) is 2.84. The van der Waals surface area contributed by atoms with Crippen LogP contribution in [0.4, 0.5) is 0 Å². The number of rotatable bonds is 2. The molecule has 3 rings (SSSR count). The number of hydrogen-bond donors (Lipinski definition) is 0. The predicted octanol–water partition coefficient (Wildman–Crippen LogP) is 3.60. The van der Waals surface area contributed by atoms with Crippen molar-refractivity contribution in [3.05, 3.63) is 41.5 Å². The van der Waals surface area contributed by atoms with E-state index in [1.54, 1.807) is 0 Å². The minimum atomic E-state index is -0.383. The van der Waals surface area contributed by atoms with Gasteiger partial charge in [0.1, 0.15) is 5.60 Å². The SMILES string of the molecule is CC(C)(C)OC(=O)C1CC1C1=CCc2ccccc21. The van der Waals surface area contributed by atoms with Gasteiger partial charge in [-0.3, -0.25) is 4.79 Å². The van der Waals surface area contributed by atoms with Crippen molar-refractivity contribution in [2.45, 2.75) is 39.2 Å². The Labute approximate surface area is 114 Å². The average Bonchev–Trinajstić information content (AvgIpc) is 3.00. The summed E-state index contributed by atoms with van der Waals surface area (Å²) in [5.74, 6) is 0.401. The Kier molecular flexibility index (Phi) is 2.77. The highest BCUT2D eigenvalue weighted by atomic mass is 16.6. The van der Waals surface area contributed by atoms with E-state index >= 15 is 0 Å².